The molecule has 34 heavy (non-hydrogen) atoms. The van der Waals surface area contributed by atoms with Gasteiger partial charge in [0.05, 0.1) is 42.0 Å². The van der Waals surface area contributed by atoms with Gasteiger partial charge in [-0.25, -0.2) is 4.79 Å². The highest BCUT2D eigenvalue weighted by atomic mass is 16.5. The second kappa shape index (κ2) is 8.59. The number of nitrogens with zero attached hydrogens (tertiary/aromatic N) is 2. The number of carboxylic acids is 1. The fourth-order valence-corrected chi connectivity index (χ4v) is 3.64. The Kier molecular flexibility index (Phi) is 5.31. The third kappa shape index (κ3) is 3.77. The molecule has 2 aromatic heterocycles. The average molecular weight is 454 g/mol. The number of amides is 1. The zero-order valence-electron chi connectivity index (χ0n) is 18.0. The number of furan rings is 2. The fourth-order valence-electron chi connectivity index (χ4n) is 3.64. The van der Waals surface area contributed by atoms with Crippen molar-refractivity contribution in [3.05, 3.63) is 102 Å². The minimum Gasteiger partial charge on any atom is -0.496 e. The van der Waals surface area contributed by atoms with Crippen molar-refractivity contribution in [2.45, 2.75) is 0 Å². The number of aromatic carboxylic acids is 1. The summed E-state index contributed by atoms with van der Waals surface area (Å²) in [4.78, 5) is 24.5. The summed E-state index contributed by atoms with van der Waals surface area (Å²) in [6, 6.07) is 18.7. The summed E-state index contributed by atoms with van der Waals surface area (Å²) in [5.74, 6) is 0.298. The maximum Gasteiger partial charge on any atom is 0.335 e. The van der Waals surface area contributed by atoms with E-state index in [-0.39, 0.29) is 11.5 Å². The van der Waals surface area contributed by atoms with Gasteiger partial charge in [-0.3, -0.25) is 4.79 Å². The van der Waals surface area contributed by atoms with Crippen molar-refractivity contribution in [2.24, 2.45) is 5.10 Å². The molecule has 2 aromatic carbocycles. The van der Waals surface area contributed by atoms with Crippen LogP contribution in [0, 0.1) is 0 Å². The van der Waals surface area contributed by atoms with Gasteiger partial charge in [0.25, 0.3) is 5.91 Å². The number of rotatable bonds is 6. The lowest BCUT2D eigenvalue weighted by Gasteiger charge is -2.11. The Morgan fingerprint density at radius 3 is 2.56 bits per heavy atom. The van der Waals surface area contributed by atoms with E-state index in [1.165, 1.54) is 41.8 Å². The maximum atomic E-state index is 13.3. The number of para-hydroxylation sites is 1. The van der Waals surface area contributed by atoms with Crippen molar-refractivity contribution in [1.29, 1.82) is 0 Å². The maximum absolute atomic E-state index is 13.3. The van der Waals surface area contributed by atoms with Crippen LogP contribution in [0.4, 0.5) is 5.69 Å². The molecular formula is C26H18N2O6. The zero-order valence-corrected chi connectivity index (χ0v) is 18.0. The summed E-state index contributed by atoms with van der Waals surface area (Å²) in [6.45, 7) is 0. The van der Waals surface area contributed by atoms with E-state index in [0.717, 1.165) is 5.56 Å². The number of carboxylic acid groups (broad SMARTS) is 1. The lowest BCUT2D eigenvalue weighted by atomic mass is 10.0. The quantitative estimate of drug-likeness (QED) is 0.407. The Labute approximate surface area is 194 Å². The molecule has 1 aliphatic heterocycles. The van der Waals surface area contributed by atoms with E-state index in [2.05, 4.69) is 5.10 Å². The Hall–Kier alpha value is -4.85. The Morgan fingerprint density at radius 2 is 1.85 bits per heavy atom. The molecule has 1 aliphatic rings. The molecule has 1 N–H and O–H groups in total. The van der Waals surface area contributed by atoms with Crippen molar-refractivity contribution in [2.75, 3.05) is 12.1 Å². The fraction of sp³-hybridized carbons (Fsp3) is 0.0385. The van der Waals surface area contributed by atoms with E-state index in [0.29, 0.717) is 39.8 Å². The minimum atomic E-state index is -1.05. The summed E-state index contributed by atoms with van der Waals surface area (Å²) in [5.41, 5.74) is 2.69. The third-order valence-corrected chi connectivity index (χ3v) is 5.32. The first kappa shape index (κ1) is 21.0. The lowest BCUT2D eigenvalue weighted by Crippen LogP contribution is -2.21. The molecule has 0 bridgehead atoms. The van der Waals surface area contributed by atoms with Gasteiger partial charge in [0, 0.05) is 5.56 Å². The van der Waals surface area contributed by atoms with Crippen LogP contribution in [-0.4, -0.2) is 29.8 Å². The third-order valence-electron chi connectivity index (χ3n) is 5.32. The molecule has 0 atom stereocenters. The molecule has 4 aromatic rings. The molecule has 3 heterocycles. The summed E-state index contributed by atoms with van der Waals surface area (Å²) >= 11 is 0. The van der Waals surface area contributed by atoms with Gasteiger partial charge >= 0.3 is 5.97 Å². The predicted molar refractivity (Wildman–Crippen MR) is 125 cm³/mol. The summed E-state index contributed by atoms with van der Waals surface area (Å²) < 4.78 is 16.6. The van der Waals surface area contributed by atoms with Gasteiger partial charge in [-0.2, -0.15) is 10.1 Å². The number of carbonyl (C=O) groups excluding carboxylic acids is 1. The van der Waals surface area contributed by atoms with Crippen LogP contribution in [-0.2, 0) is 4.79 Å². The van der Waals surface area contributed by atoms with Crippen LogP contribution in [0.15, 0.2) is 98.8 Å². The number of hydrogen-bond donors (Lipinski definition) is 1. The molecule has 0 radical (unpaired) electrons. The first-order valence-electron chi connectivity index (χ1n) is 10.3. The Bertz CT molecular complexity index is 1430. The average Bonchev–Trinajstić information content (AvgIpc) is 3.61. The molecule has 168 valence electrons. The molecule has 0 aliphatic carbocycles. The van der Waals surface area contributed by atoms with E-state index in [1.54, 1.807) is 31.4 Å². The molecule has 8 nitrogen and oxygen atoms in total. The summed E-state index contributed by atoms with van der Waals surface area (Å²) in [7, 11) is 1.59. The highest BCUT2D eigenvalue weighted by Gasteiger charge is 2.33. The molecule has 8 heteroatoms. The van der Waals surface area contributed by atoms with Gasteiger partial charge in [-0.05, 0) is 60.7 Å². The number of hydrogen-bond acceptors (Lipinski definition) is 6. The molecule has 5 rings (SSSR count). The summed E-state index contributed by atoms with van der Waals surface area (Å²) in [6.07, 6.45) is 4.62. The normalized spacial score (nSPS) is 14.5. The number of hydrazone groups is 1. The van der Waals surface area contributed by atoms with Crippen molar-refractivity contribution in [3.63, 3.8) is 0 Å². The molecule has 0 fully saturated rings. The van der Waals surface area contributed by atoms with Crippen molar-refractivity contribution >= 4 is 29.4 Å². The van der Waals surface area contributed by atoms with E-state index >= 15 is 0 Å². The van der Waals surface area contributed by atoms with Gasteiger partial charge in [-0.15, -0.1) is 0 Å². The molecule has 0 unspecified atom stereocenters. The summed E-state index contributed by atoms with van der Waals surface area (Å²) in [5, 5.41) is 14.9. The molecule has 0 saturated carbocycles. The Balaban J connectivity index is 1.53. The van der Waals surface area contributed by atoms with Gasteiger partial charge in [-0.1, -0.05) is 12.1 Å². The standard InChI is InChI=1S/C26H18N2O6/c1-32-22-5-3-2-4-20(22)23-11-10-19(34-23)14-21-24(17-12-13-33-15-17)27-28(25(21)29)18-8-6-16(7-9-18)26(30)31/h2-15H,1H3,(H,30,31)/b21-14-. The van der Waals surface area contributed by atoms with Crippen molar-refractivity contribution in [3.8, 4) is 17.1 Å². The van der Waals surface area contributed by atoms with Gasteiger partial charge < -0.3 is 18.7 Å². The highest BCUT2D eigenvalue weighted by Crippen LogP contribution is 2.33. The topological polar surface area (TPSA) is 105 Å². The number of benzene rings is 2. The van der Waals surface area contributed by atoms with Gasteiger partial charge in [0.2, 0.25) is 0 Å². The van der Waals surface area contributed by atoms with Crippen LogP contribution in [0.3, 0.4) is 0 Å². The number of ether oxygens (including phenoxy) is 1. The van der Waals surface area contributed by atoms with Crippen LogP contribution < -0.4 is 9.75 Å². The minimum absolute atomic E-state index is 0.115. The molecule has 0 saturated heterocycles. The predicted octanol–water partition coefficient (Wildman–Crippen LogP) is 5.08. The van der Waals surface area contributed by atoms with Gasteiger partial charge in [0.15, 0.2) is 0 Å². The van der Waals surface area contributed by atoms with Crippen LogP contribution in [0.25, 0.3) is 17.4 Å². The highest BCUT2D eigenvalue weighted by molar-refractivity contribution is 6.37. The largest absolute Gasteiger partial charge is 0.496 e. The van der Waals surface area contributed by atoms with Crippen LogP contribution in [0.1, 0.15) is 21.7 Å². The first-order chi connectivity index (χ1) is 16.5. The first-order valence-corrected chi connectivity index (χ1v) is 10.3. The van der Waals surface area contributed by atoms with Crippen molar-refractivity contribution < 1.29 is 28.3 Å². The zero-order chi connectivity index (χ0) is 23.7. The van der Waals surface area contributed by atoms with E-state index in [1.807, 2.05) is 24.3 Å². The number of carbonyl (C=O) groups is 2. The molecule has 0 spiro atoms. The lowest BCUT2D eigenvalue weighted by molar-refractivity contribution is -0.114. The smallest absolute Gasteiger partial charge is 0.335 e. The SMILES string of the molecule is COc1ccccc1-c1ccc(/C=C2\C(=O)N(c3ccc(C(=O)O)cc3)N=C2c2ccoc2)o1. The van der Waals surface area contributed by atoms with E-state index in [4.69, 9.17) is 18.7 Å². The van der Waals surface area contributed by atoms with Crippen LogP contribution >= 0.6 is 0 Å². The second-order valence-corrected chi connectivity index (χ2v) is 7.39. The van der Waals surface area contributed by atoms with Crippen molar-refractivity contribution in [1.82, 2.24) is 0 Å². The van der Waals surface area contributed by atoms with E-state index in [9.17, 15) is 9.59 Å². The van der Waals surface area contributed by atoms with Crippen LogP contribution in [0.5, 0.6) is 5.75 Å². The molecule has 1 amide bonds. The number of anilines is 1. The second-order valence-electron chi connectivity index (χ2n) is 7.39. The van der Waals surface area contributed by atoms with Crippen LogP contribution in [0.2, 0.25) is 0 Å². The monoisotopic (exact) mass is 454 g/mol. The number of methoxy groups -OCH3 is 1. The van der Waals surface area contributed by atoms with Gasteiger partial charge in [0.1, 0.15) is 23.0 Å². The molecular weight excluding hydrogens is 436 g/mol. The Morgan fingerprint density at radius 1 is 1.06 bits per heavy atom. The van der Waals surface area contributed by atoms with E-state index < -0.39 is 5.97 Å².